The molecule has 0 bridgehead atoms. The smallest absolute Gasteiger partial charge is 0.305 e. The van der Waals surface area contributed by atoms with Crippen molar-refractivity contribution >= 4 is 34.7 Å². The van der Waals surface area contributed by atoms with Gasteiger partial charge < -0.3 is 15.7 Å². The molecule has 206 valence electrons. The molecule has 9 heteroatoms. The lowest BCUT2D eigenvalue weighted by molar-refractivity contribution is -0.384. The molecule has 1 aliphatic carbocycles. The molecule has 1 atom stereocenters. The lowest BCUT2D eigenvalue weighted by Crippen LogP contribution is -2.26. The molecule has 2 amide bonds. The van der Waals surface area contributed by atoms with E-state index >= 15 is 0 Å². The van der Waals surface area contributed by atoms with Crippen molar-refractivity contribution in [2.45, 2.75) is 44.4 Å². The van der Waals surface area contributed by atoms with Gasteiger partial charge in [0.2, 0.25) is 5.91 Å². The van der Waals surface area contributed by atoms with Gasteiger partial charge in [0.05, 0.1) is 17.3 Å². The zero-order valence-electron chi connectivity index (χ0n) is 22.0. The van der Waals surface area contributed by atoms with Gasteiger partial charge in [0.1, 0.15) is 0 Å². The average Bonchev–Trinajstić information content (AvgIpc) is 2.96. The lowest BCUT2D eigenvalue weighted by Gasteiger charge is -2.19. The molecule has 0 spiro atoms. The SMILES string of the molecule is O=C(O)CCNC(=O)c1ccc(CC(C(=O)Nc2cccc([N+](=O)[O-])c2)c2ccc(C3=CCCCC3)cc2)cc1. The van der Waals surface area contributed by atoms with E-state index in [4.69, 9.17) is 5.11 Å². The van der Waals surface area contributed by atoms with Crippen molar-refractivity contribution in [3.8, 4) is 0 Å². The first-order valence-electron chi connectivity index (χ1n) is 13.2. The number of amides is 2. The third-order valence-electron chi connectivity index (χ3n) is 6.90. The minimum absolute atomic E-state index is 0.0305. The van der Waals surface area contributed by atoms with Crippen LogP contribution in [0.3, 0.4) is 0 Å². The molecular weight excluding hydrogens is 510 g/mol. The maximum absolute atomic E-state index is 13.5. The summed E-state index contributed by atoms with van der Waals surface area (Å²) in [6, 6.07) is 20.6. The van der Waals surface area contributed by atoms with Crippen LogP contribution in [0.4, 0.5) is 11.4 Å². The summed E-state index contributed by atoms with van der Waals surface area (Å²) in [6.45, 7) is 0.0305. The molecule has 40 heavy (non-hydrogen) atoms. The molecule has 3 aromatic carbocycles. The Morgan fingerprint density at radius 2 is 1.73 bits per heavy atom. The molecular formula is C31H31N3O6. The van der Waals surface area contributed by atoms with Crippen molar-refractivity contribution in [2.75, 3.05) is 11.9 Å². The molecule has 9 nitrogen and oxygen atoms in total. The molecule has 0 heterocycles. The van der Waals surface area contributed by atoms with Crippen LogP contribution in [0.15, 0.2) is 78.9 Å². The number of nitrogens with one attached hydrogen (secondary N) is 2. The van der Waals surface area contributed by atoms with E-state index in [0.29, 0.717) is 17.7 Å². The van der Waals surface area contributed by atoms with E-state index in [-0.39, 0.29) is 30.5 Å². The zero-order chi connectivity index (χ0) is 28.5. The molecule has 4 rings (SSSR count). The van der Waals surface area contributed by atoms with Crippen LogP contribution in [-0.4, -0.2) is 34.4 Å². The minimum atomic E-state index is -0.992. The van der Waals surface area contributed by atoms with E-state index in [1.54, 1.807) is 30.3 Å². The van der Waals surface area contributed by atoms with E-state index < -0.39 is 16.8 Å². The van der Waals surface area contributed by atoms with Crippen LogP contribution in [0.5, 0.6) is 0 Å². The van der Waals surface area contributed by atoms with E-state index in [1.807, 2.05) is 24.3 Å². The fraction of sp³-hybridized carbons (Fsp3) is 0.258. The van der Waals surface area contributed by atoms with Gasteiger partial charge in [-0.15, -0.1) is 0 Å². The molecule has 3 N–H and O–H groups in total. The van der Waals surface area contributed by atoms with Crippen LogP contribution in [0.25, 0.3) is 5.57 Å². The highest BCUT2D eigenvalue weighted by Gasteiger charge is 2.23. The van der Waals surface area contributed by atoms with Crippen molar-refractivity contribution in [1.82, 2.24) is 5.32 Å². The summed E-state index contributed by atoms with van der Waals surface area (Å²) in [5, 5.41) is 25.3. The van der Waals surface area contributed by atoms with E-state index in [1.165, 1.54) is 30.2 Å². The number of non-ortho nitro benzene ring substituents is 1. The third kappa shape index (κ3) is 7.63. The Morgan fingerprint density at radius 3 is 2.38 bits per heavy atom. The fourth-order valence-electron chi connectivity index (χ4n) is 4.73. The van der Waals surface area contributed by atoms with Crippen LogP contribution in [-0.2, 0) is 16.0 Å². The number of carbonyl (C=O) groups is 3. The number of nitro benzene ring substituents is 1. The molecule has 0 saturated carbocycles. The number of allylic oxidation sites excluding steroid dienone is 2. The Hall–Kier alpha value is -4.79. The van der Waals surface area contributed by atoms with Gasteiger partial charge in [0.15, 0.2) is 0 Å². The van der Waals surface area contributed by atoms with Gasteiger partial charge >= 0.3 is 5.97 Å². The van der Waals surface area contributed by atoms with Gasteiger partial charge in [-0.1, -0.05) is 48.5 Å². The van der Waals surface area contributed by atoms with Gasteiger partial charge in [-0.2, -0.15) is 0 Å². The normalized spacial score (nSPS) is 13.6. The predicted molar refractivity (Wildman–Crippen MR) is 152 cm³/mol. The summed E-state index contributed by atoms with van der Waals surface area (Å²) in [4.78, 5) is 47.2. The summed E-state index contributed by atoms with van der Waals surface area (Å²) < 4.78 is 0. The highest BCUT2D eigenvalue weighted by molar-refractivity contribution is 5.96. The summed E-state index contributed by atoms with van der Waals surface area (Å²) in [5.74, 6) is -2.27. The van der Waals surface area contributed by atoms with Crippen LogP contribution in [0.1, 0.15) is 65.1 Å². The van der Waals surface area contributed by atoms with E-state index in [9.17, 15) is 24.5 Å². The Balaban J connectivity index is 1.54. The van der Waals surface area contributed by atoms with Gasteiger partial charge in [-0.3, -0.25) is 24.5 Å². The number of hydrogen-bond acceptors (Lipinski definition) is 5. The van der Waals surface area contributed by atoms with Crippen molar-refractivity contribution in [1.29, 1.82) is 0 Å². The number of benzene rings is 3. The Bertz CT molecular complexity index is 1410. The fourth-order valence-corrected chi connectivity index (χ4v) is 4.73. The Labute approximate surface area is 232 Å². The average molecular weight is 542 g/mol. The molecule has 0 radical (unpaired) electrons. The molecule has 0 fully saturated rings. The van der Waals surface area contributed by atoms with Gasteiger partial charge in [0, 0.05) is 29.9 Å². The van der Waals surface area contributed by atoms with E-state index in [0.717, 1.165) is 36.0 Å². The number of nitrogens with zero attached hydrogens (tertiary/aromatic N) is 1. The van der Waals surface area contributed by atoms with Crippen LogP contribution < -0.4 is 10.6 Å². The van der Waals surface area contributed by atoms with Crippen LogP contribution >= 0.6 is 0 Å². The third-order valence-corrected chi connectivity index (χ3v) is 6.90. The number of anilines is 1. The second-order valence-electron chi connectivity index (χ2n) is 9.75. The number of hydrogen-bond donors (Lipinski definition) is 3. The Kier molecular flexibility index (Phi) is 9.40. The Morgan fingerprint density at radius 1 is 0.975 bits per heavy atom. The highest BCUT2D eigenvalue weighted by Crippen LogP contribution is 2.30. The minimum Gasteiger partial charge on any atom is -0.481 e. The summed E-state index contributed by atoms with van der Waals surface area (Å²) in [6.07, 6.45) is 6.90. The first kappa shape index (κ1) is 28.2. The molecule has 0 aromatic heterocycles. The summed E-state index contributed by atoms with van der Waals surface area (Å²) >= 11 is 0. The first-order chi connectivity index (χ1) is 19.3. The number of carboxylic acids is 1. The molecule has 0 aliphatic heterocycles. The second kappa shape index (κ2) is 13.3. The van der Waals surface area contributed by atoms with Crippen molar-refractivity contribution in [2.24, 2.45) is 0 Å². The first-order valence-corrected chi connectivity index (χ1v) is 13.2. The van der Waals surface area contributed by atoms with Gasteiger partial charge in [-0.05, 0) is 72.6 Å². The topological polar surface area (TPSA) is 139 Å². The van der Waals surface area contributed by atoms with Gasteiger partial charge in [0.25, 0.3) is 11.6 Å². The second-order valence-corrected chi connectivity index (χ2v) is 9.75. The number of rotatable bonds is 11. The van der Waals surface area contributed by atoms with Crippen molar-refractivity contribution in [3.05, 3.63) is 111 Å². The predicted octanol–water partition coefficient (Wildman–Crippen LogP) is 5.72. The van der Waals surface area contributed by atoms with E-state index in [2.05, 4.69) is 16.7 Å². The monoisotopic (exact) mass is 541 g/mol. The molecule has 1 aliphatic rings. The molecule has 0 saturated heterocycles. The summed E-state index contributed by atoms with van der Waals surface area (Å²) in [7, 11) is 0. The molecule has 3 aromatic rings. The lowest BCUT2D eigenvalue weighted by atomic mass is 9.88. The van der Waals surface area contributed by atoms with Crippen molar-refractivity contribution < 1.29 is 24.4 Å². The maximum atomic E-state index is 13.5. The maximum Gasteiger partial charge on any atom is 0.305 e. The standard InChI is InChI=1S/C31H31N3O6/c35-29(36)17-18-32-30(37)25-11-9-21(10-12-25)19-28(31(38)33-26-7-4-8-27(20-26)34(39)40)24-15-13-23(14-16-24)22-5-2-1-3-6-22/h4-5,7-16,20,28H,1-3,6,17-19H2,(H,32,37)(H,33,38)(H,35,36). The van der Waals surface area contributed by atoms with Gasteiger partial charge in [-0.25, -0.2) is 0 Å². The summed E-state index contributed by atoms with van der Waals surface area (Å²) in [5.41, 5.74) is 4.68. The van der Waals surface area contributed by atoms with Crippen molar-refractivity contribution in [3.63, 3.8) is 0 Å². The highest BCUT2D eigenvalue weighted by atomic mass is 16.6. The number of carbonyl (C=O) groups excluding carboxylic acids is 2. The van der Waals surface area contributed by atoms with Crippen LogP contribution in [0, 0.1) is 10.1 Å². The largest absolute Gasteiger partial charge is 0.481 e. The zero-order valence-corrected chi connectivity index (χ0v) is 22.0. The number of aliphatic carboxylic acids is 1. The van der Waals surface area contributed by atoms with Crippen LogP contribution in [0.2, 0.25) is 0 Å². The number of carboxylic acid groups (broad SMARTS) is 1. The quantitative estimate of drug-likeness (QED) is 0.210. The molecule has 1 unspecified atom stereocenters. The number of nitro groups is 1.